The first kappa shape index (κ1) is 11.8. The first-order valence-electron chi connectivity index (χ1n) is 5.53. The molecule has 0 aliphatic rings. The van der Waals surface area contributed by atoms with Crippen molar-refractivity contribution in [2.45, 2.75) is 19.8 Å². The van der Waals surface area contributed by atoms with Crippen molar-refractivity contribution in [3.8, 4) is 0 Å². The highest BCUT2D eigenvalue weighted by Crippen LogP contribution is 2.06. The van der Waals surface area contributed by atoms with Gasteiger partial charge in [0.25, 0.3) is 5.56 Å². The Balaban J connectivity index is 2.20. The molecule has 88 valence electrons. The van der Waals surface area contributed by atoms with Crippen LogP contribution in [0.2, 0.25) is 0 Å². The molecule has 0 saturated carbocycles. The van der Waals surface area contributed by atoms with Gasteiger partial charge < -0.3 is 4.98 Å². The molecule has 1 aromatic heterocycles. The van der Waals surface area contributed by atoms with Crippen molar-refractivity contribution in [1.29, 1.82) is 0 Å². The highest BCUT2D eigenvalue weighted by atomic mass is 32.1. The first-order valence-corrected chi connectivity index (χ1v) is 5.93. The molecule has 0 unspecified atom stereocenters. The molecule has 0 aliphatic heterocycles. The number of benzene rings is 1. The van der Waals surface area contributed by atoms with Gasteiger partial charge in [-0.3, -0.25) is 9.78 Å². The summed E-state index contributed by atoms with van der Waals surface area (Å²) in [6.07, 6.45) is 1.69. The standard InChI is InChI=1S/C13H14N2OS/c1-9-11(14-13(17)15-12(9)16)8-7-10-5-3-2-4-6-10/h2-6H,7-8H2,1H3,(H2,14,15,16,17). The summed E-state index contributed by atoms with van der Waals surface area (Å²) in [5, 5.41) is 0. The van der Waals surface area contributed by atoms with Gasteiger partial charge in [-0.1, -0.05) is 30.3 Å². The number of aromatic nitrogens is 2. The third-order valence-electron chi connectivity index (χ3n) is 2.79. The minimum atomic E-state index is -0.100. The van der Waals surface area contributed by atoms with Crippen molar-refractivity contribution in [3.05, 3.63) is 62.3 Å². The number of aromatic amines is 2. The molecule has 0 radical (unpaired) electrons. The predicted molar refractivity (Wildman–Crippen MR) is 70.8 cm³/mol. The van der Waals surface area contributed by atoms with Crippen LogP contribution in [-0.4, -0.2) is 9.97 Å². The number of rotatable bonds is 3. The van der Waals surface area contributed by atoms with Crippen molar-refractivity contribution in [2.24, 2.45) is 0 Å². The molecule has 0 fully saturated rings. The lowest BCUT2D eigenvalue weighted by Crippen LogP contribution is -2.15. The second kappa shape index (κ2) is 5.10. The maximum Gasteiger partial charge on any atom is 0.254 e. The fraction of sp³-hybridized carbons (Fsp3) is 0.231. The van der Waals surface area contributed by atoms with E-state index in [9.17, 15) is 4.79 Å². The lowest BCUT2D eigenvalue weighted by atomic mass is 10.1. The summed E-state index contributed by atoms with van der Waals surface area (Å²) >= 11 is 4.97. The van der Waals surface area contributed by atoms with Crippen molar-refractivity contribution >= 4 is 12.2 Å². The Morgan fingerprint density at radius 1 is 1.12 bits per heavy atom. The lowest BCUT2D eigenvalue weighted by molar-refractivity contribution is 0.867. The lowest BCUT2D eigenvalue weighted by Gasteiger charge is -2.05. The average molecular weight is 246 g/mol. The van der Waals surface area contributed by atoms with E-state index in [0.29, 0.717) is 4.77 Å². The van der Waals surface area contributed by atoms with Gasteiger partial charge in [-0.05, 0) is 37.5 Å². The summed E-state index contributed by atoms with van der Waals surface area (Å²) in [6, 6.07) is 10.2. The van der Waals surface area contributed by atoms with Crippen molar-refractivity contribution < 1.29 is 0 Å². The van der Waals surface area contributed by atoms with E-state index in [-0.39, 0.29) is 5.56 Å². The molecule has 0 saturated heterocycles. The van der Waals surface area contributed by atoms with Gasteiger partial charge in [-0.2, -0.15) is 0 Å². The molecular formula is C13H14N2OS. The summed E-state index contributed by atoms with van der Waals surface area (Å²) in [7, 11) is 0. The van der Waals surface area contributed by atoms with E-state index in [2.05, 4.69) is 22.1 Å². The summed E-state index contributed by atoms with van der Waals surface area (Å²) < 4.78 is 0.392. The Labute approximate surface area is 105 Å². The molecule has 1 heterocycles. The fourth-order valence-electron chi connectivity index (χ4n) is 1.76. The van der Waals surface area contributed by atoms with Gasteiger partial charge in [-0.15, -0.1) is 0 Å². The molecular weight excluding hydrogens is 232 g/mol. The molecule has 0 spiro atoms. The second-order valence-corrected chi connectivity index (χ2v) is 4.41. The van der Waals surface area contributed by atoms with Crippen LogP contribution in [0.25, 0.3) is 0 Å². The summed E-state index contributed by atoms with van der Waals surface area (Å²) in [5.74, 6) is 0. The first-order chi connectivity index (χ1) is 8.16. The van der Waals surface area contributed by atoms with Gasteiger partial charge in [0.05, 0.1) is 0 Å². The van der Waals surface area contributed by atoms with Gasteiger partial charge in [0.2, 0.25) is 0 Å². The Hall–Kier alpha value is -1.68. The van der Waals surface area contributed by atoms with E-state index in [1.54, 1.807) is 0 Å². The highest BCUT2D eigenvalue weighted by Gasteiger charge is 2.03. The molecule has 0 amide bonds. The van der Waals surface area contributed by atoms with Crippen LogP contribution in [0, 0.1) is 11.7 Å². The largest absolute Gasteiger partial charge is 0.336 e. The normalized spacial score (nSPS) is 10.4. The van der Waals surface area contributed by atoms with Crippen LogP contribution in [0.4, 0.5) is 0 Å². The van der Waals surface area contributed by atoms with E-state index >= 15 is 0 Å². The van der Waals surface area contributed by atoms with Gasteiger partial charge >= 0.3 is 0 Å². The van der Waals surface area contributed by atoms with E-state index < -0.39 is 0 Å². The highest BCUT2D eigenvalue weighted by molar-refractivity contribution is 7.71. The van der Waals surface area contributed by atoms with E-state index in [1.165, 1.54) is 5.56 Å². The monoisotopic (exact) mass is 246 g/mol. The SMILES string of the molecule is Cc1c(CCc2ccccc2)[nH]c(=S)[nH]c1=O. The van der Waals surface area contributed by atoms with Crippen LogP contribution in [0.3, 0.4) is 0 Å². The van der Waals surface area contributed by atoms with Gasteiger partial charge in [0, 0.05) is 11.3 Å². The minimum absolute atomic E-state index is 0.100. The number of nitrogens with one attached hydrogen (secondary N) is 2. The summed E-state index contributed by atoms with van der Waals surface area (Å²) in [4.78, 5) is 17.2. The van der Waals surface area contributed by atoms with Crippen LogP contribution in [0.5, 0.6) is 0 Å². The van der Waals surface area contributed by atoms with Gasteiger partial charge in [0.1, 0.15) is 0 Å². The fourth-order valence-corrected chi connectivity index (χ4v) is 1.98. The quantitative estimate of drug-likeness (QED) is 0.818. The molecule has 0 bridgehead atoms. The molecule has 1 aromatic carbocycles. The zero-order valence-corrected chi connectivity index (χ0v) is 10.4. The van der Waals surface area contributed by atoms with Crippen LogP contribution in [0.1, 0.15) is 16.8 Å². The number of hydrogen-bond donors (Lipinski definition) is 2. The third-order valence-corrected chi connectivity index (χ3v) is 3.00. The molecule has 2 aromatic rings. The maximum absolute atomic E-state index is 11.5. The molecule has 2 rings (SSSR count). The molecule has 4 heteroatoms. The van der Waals surface area contributed by atoms with Gasteiger partial charge in [0.15, 0.2) is 4.77 Å². The topological polar surface area (TPSA) is 48.6 Å². The van der Waals surface area contributed by atoms with Gasteiger partial charge in [-0.25, -0.2) is 0 Å². The number of hydrogen-bond acceptors (Lipinski definition) is 2. The van der Waals surface area contributed by atoms with Crippen molar-refractivity contribution in [3.63, 3.8) is 0 Å². The Morgan fingerprint density at radius 2 is 1.82 bits per heavy atom. The Morgan fingerprint density at radius 3 is 2.53 bits per heavy atom. The summed E-state index contributed by atoms with van der Waals surface area (Å²) in [6.45, 7) is 1.81. The molecule has 2 N–H and O–H groups in total. The van der Waals surface area contributed by atoms with Crippen molar-refractivity contribution in [2.75, 3.05) is 0 Å². The average Bonchev–Trinajstić information content (AvgIpc) is 2.33. The minimum Gasteiger partial charge on any atom is -0.336 e. The van der Waals surface area contributed by atoms with E-state index in [1.807, 2.05) is 25.1 Å². The Bertz CT molecular complexity index is 613. The van der Waals surface area contributed by atoms with Crippen molar-refractivity contribution in [1.82, 2.24) is 9.97 Å². The maximum atomic E-state index is 11.5. The van der Waals surface area contributed by atoms with E-state index in [4.69, 9.17) is 12.2 Å². The second-order valence-electron chi connectivity index (χ2n) is 4.00. The molecule has 0 atom stereocenters. The third kappa shape index (κ3) is 2.91. The summed E-state index contributed by atoms with van der Waals surface area (Å²) in [5.41, 5.74) is 2.79. The van der Waals surface area contributed by atoms with Crippen LogP contribution < -0.4 is 5.56 Å². The molecule has 0 aliphatic carbocycles. The zero-order valence-electron chi connectivity index (χ0n) is 9.62. The number of H-pyrrole nitrogens is 2. The van der Waals surface area contributed by atoms with E-state index in [0.717, 1.165) is 24.1 Å². The Kier molecular flexibility index (Phi) is 3.54. The zero-order chi connectivity index (χ0) is 12.3. The molecule has 3 nitrogen and oxygen atoms in total. The number of aryl methyl sites for hydroxylation is 2. The smallest absolute Gasteiger partial charge is 0.254 e. The van der Waals surface area contributed by atoms with Crippen LogP contribution >= 0.6 is 12.2 Å². The van der Waals surface area contributed by atoms with Crippen LogP contribution in [0.15, 0.2) is 35.1 Å². The van der Waals surface area contributed by atoms with Crippen LogP contribution in [-0.2, 0) is 12.8 Å². The molecule has 17 heavy (non-hydrogen) atoms. The predicted octanol–water partition coefficient (Wildman–Crippen LogP) is 2.53.